The van der Waals surface area contributed by atoms with Crippen molar-refractivity contribution >= 4 is 23.1 Å². The summed E-state index contributed by atoms with van der Waals surface area (Å²) in [6.07, 6.45) is 0. The SMILES string of the molecule is Cc1cc(C(=O)O)cc(NCc2ccsc2)n1. The van der Waals surface area contributed by atoms with Crippen molar-refractivity contribution in [2.45, 2.75) is 13.5 Å². The molecule has 2 N–H and O–H groups in total. The summed E-state index contributed by atoms with van der Waals surface area (Å²) in [5, 5.41) is 16.1. The fourth-order valence-corrected chi connectivity index (χ4v) is 2.14. The lowest BCUT2D eigenvalue weighted by molar-refractivity contribution is 0.0696. The Morgan fingerprint density at radius 1 is 1.53 bits per heavy atom. The summed E-state index contributed by atoms with van der Waals surface area (Å²) in [6.45, 7) is 2.43. The van der Waals surface area contributed by atoms with E-state index in [4.69, 9.17) is 5.11 Å². The number of aryl methyl sites for hydroxylation is 1. The smallest absolute Gasteiger partial charge is 0.335 e. The maximum absolute atomic E-state index is 10.9. The Bertz CT molecular complexity index is 523. The number of carbonyl (C=O) groups is 1. The lowest BCUT2D eigenvalue weighted by Gasteiger charge is -2.06. The van der Waals surface area contributed by atoms with Crippen molar-refractivity contribution in [2.24, 2.45) is 0 Å². The molecule has 2 aromatic rings. The third-order valence-corrected chi connectivity index (χ3v) is 2.99. The van der Waals surface area contributed by atoms with E-state index in [-0.39, 0.29) is 5.56 Å². The van der Waals surface area contributed by atoms with E-state index in [2.05, 4.69) is 10.3 Å². The average Bonchev–Trinajstić information content (AvgIpc) is 2.78. The maximum Gasteiger partial charge on any atom is 0.335 e. The van der Waals surface area contributed by atoms with Gasteiger partial charge in [-0.15, -0.1) is 0 Å². The molecule has 0 spiro atoms. The summed E-state index contributed by atoms with van der Waals surface area (Å²) >= 11 is 1.63. The predicted molar refractivity (Wildman–Crippen MR) is 67.6 cm³/mol. The van der Waals surface area contributed by atoms with Crippen LogP contribution in [0.4, 0.5) is 5.82 Å². The zero-order valence-corrected chi connectivity index (χ0v) is 10.1. The van der Waals surface area contributed by atoms with Crippen molar-refractivity contribution in [1.82, 2.24) is 4.98 Å². The van der Waals surface area contributed by atoms with Gasteiger partial charge in [0.15, 0.2) is 0 Å². The summed E-state index contributed by atoms with van der Waals surface area (Å²) < 4.78 is 0. The van der Waals surface area contributed by atoms with E-state index in [1.165, 1.54) is 0 Å². The molecule has 0 aliphatic rings. The van der Waals surface area contributed by atoms with Gasteiger partial charge in [-0.1, -0.05) is 0 Å². The van der Waals surface area contributed by atoms with E-state index in [0.717, 1.165) is 5.56 Å². The van der Waals surface area contributed by atoms with E-state index in [1.807, 2.05) is 16.8 Å². The summed E-state index contributed by atoms with van der Waals surface area (Å²) in [6, 6.07) is 5.12. The molecular formula is C12H12N2O2S. The van der Waals surface area contributed by atoms with Gasteiger partial charge in [0.2, 0.25) is 0 Å². The monoisotopic (exact) mass is 248 g/mol. The second kappa shape index (κ2) is 4.97. The van der Waals surface area contributed by atoms with Crippen LogP contribution in [0.2, 0.25) is 0 Å². The van der Waals surface area contributed by atoms with Gasteiger partial charge in [0, 0.05) is 12.2 Å². The van der Waals surface area contributed by atoms with Crippen molar-refractivity contribution < 1.29 is 9.90 Å². The van der Waals surface area contributed by atoms with Gasteiger partial charge in [-0.3, -0.25) is 0 Å². The first-order valence-electron chi connectivity index (χ1n) is 5.12. The van der Waals surface area contributed by atoms with Gasteiger partial charge in [0.05, 0.1) is 5.56 Å². The number of nitrogens with zero attached hydrogens (tertiary/aromatic N) is 1. The Morgan fingerprint density at radius 2 is 2.35 bits per heavy atom. The molecule has 0 saturated heterocycles. The molecule has 2 rings (SSSR count). The molecule has 2 heterocycles. The Kier molecular flexibility index (Phi) is 3.39. The minimum atomic E-state index is -0.936. The number of hydrogen-bond donors (Lipinski definition) is 2. The molecule has 0 amide bonds. The van der Waals surface area contributed by atoms with Crippen LogP contribution in [0.5, 0.6) is 0 Å². The molecule has 17 heavy (non-hydrogen) atoms. The lowest BCUT2D eigenvalue weighted by atomic mass is 10.2. The van der Waals surface area contributed by atoms with Crippen LogP contribution in [0.3, 0.4) is 0 Å². The second-order valence-electron chi connectivity index (χ2n) is 3.67. The number of pyridine rings is 1. The first kappa shape index (κ1) is 11.6. The molecule has 0 unspecified atom stereocenters. The number of thiophene rings is 1. The minimum Gasteiger partial charge on any atom is -0.478 e. The van der Waals surface area contributed by atoms with E-state index in [0.29, 0.717) is 18.1 Å². The van der Waals surface area contributed by atoms with Crippen LogP contribution < -0.4 is 5.32 Å². The molecule has 0 aromatic carbocycles. The topological polar surface area (TPSA) is 62.2 Å². The number of carboxylic acid groups (broad SMARTS) is 1. The average molecular weight is 248 g/mol. The molecule has 0 radical (unpaired) electrons. The molecule has 0 aliphatic carbocycles. The number of aromatic carboxylic acids is 1. The zero-order chi connectivity index (χ0) is 12.3. The Morgan fingerprint density at radius 3 is 3.00 bits per heavy atom. The van der Waals surface area contributed by atoms with Crippen LogP contribution in [-0.4, -0.2) is 16.1 Å². The van der Waals surface area contributed by atoms with Gasteiger partial charge in [-0.05, 0) is 41.4 Å². The first-order valence-corrected chi connectivity index (χ1v) is 6.06. The highest BCUT2D eigenvalue weighted by Crippen LogP contribution is 2.13. The highest BCUT2D eigenvalue weighted by Gasteiger charge is 2.06. The fourth-order valence-electron chi connectivity index (χ4n) is 1.47. The Labute approximate surface area is 103 Å². The number of aromatic nitrogens is 1. The van der Waals surface area contributed by atoms with Gasteiger partial charge in [-0.25, -0.2) is 9.78 Å². The second-order valence-corrected chi connectivity index (χ2v) is 4.45. The normalized spacial score (nSPS) is 10.2. The molecule has 2 aromatic heterocycles. The standard InChI is InChI=1S/C12H12N2O2S/c1-8-4-10(12(15)16)5-11(14-8)13-6-9-2-3-17-7-9/h2-5,7H,6H2,1H3,(H,13,14)(H,15,16). The third-order valence-electron chi connectivity index (χ3n) is 2.25. The fraction of sp³-hybridized carbons (Fsp3) is 0.167. The van der Waals surface area contributed by atoms with Crippen LogP contribution in [0, 0.1) is 6.92 Å². The largest absolute Gasteiger partial charge is 0.478 e. The highest BCUT2D eigenvalue weighted by molar-refractivity contribution is 7.07. The quantitative estimate of drug-likeness (QED) is 0.873. The van der Waals surface area contributed by atoms with Crippen LogP contribution in [-0.2, 0) is 6.54 Å². The van der Waals surface area contributed by atoms with Crippen LogP contribution in [0.15, 0.2) is 29.0 Å². The van der Waals surface area contributed by atoms with Gasteiger partial charge in [0.1, 0.15) is 5.82 Å². The Balaban J connectivity index is 2.13. The summed E-state index contributed by atoms with van der Waals surface area (Å²) in [5.74, 6) is -0.345. The molecule has 0 aliphatic heterocycles. The van der Waals surface area contributed by atoms with Crippen LogP contribution in [0.25, 0.3) is 0 Å². The number of carboxylic acids is 1. The summed E-state index contributed by atoms with van der Waals surface area (Å²) in [4.78, 5) is 15.1. The number of rotatable bonds is 4. The number of anilines is 1. The molecule has 0 saturated carbocycles. The number of nitrogens with one attached hydrogen (secondary N) is 1. The van der Waals surface area contributed by atoms with Crippen molar-refractivity contribution in [2.75, 3.05) is 5.32 Å². The number of hydrogen-bond acceptors (Lipinski definition) is 4. The van der Waals surface area contributed by atoms with Crippen molar-refractivity contribution in [1.29, 1.82) is 0 Å². The third kappa shape index (κ3) is 3.04. The van der Waals surface area contributed by atoms with Gasteiger partial charge < -0.3 is 10.4 Å². The van der Waals surface area contributed by atoms with E-state index in [1.54, 1.807) is 30.4 Å². The molecular weight excluding hydrogens is 236 g/mol. The lowest BCUT2D eigenvalue weighted by Crippen LogP contribution is -2.04. The van der Waals surface area contributed by atoms with Crippen LogP contribution >= 0.6 is 11.3 Å². The van der Waals surface area contributed by atoms with Crippen LogP contribution in [0.1, 0.15) is 21.6 Å². The van der Waals surface area contributed by atoms with E-state index in [9.17, 15) is 4.79 Å². The van der Waals surface area contributed by atoms with E-state index < -0.39 is 5.97 Å². The van der Waals surface area contributed by atoms with Gasteiger partial charge in [0.25, 0.3) is 0 Å². The zero-order valence-electron chi connectivity index (χ0n) is 9.30. The summed E-state index contributed by atoms with van der Waals surface area (Å²) in [7, 11) is 0. The summed E-state index contributed by atoms with van der Waals surface area (Å²) in [5.41, 5.74) is 2.11. The van der Waals surface area contributed by atoms with Crippen molar-refractivity contribution in [3.05, 3.63) is 45.8 Å². The molecule has 4 nitrogen and oxygen atoms in total. The minimum absolute atomic E-state index is 0.255. The van der Waals surface area contributed by atoms with Crippen molar-refractivity contribution in [3.8, 4) is 0 Å². The molecule has 0 fully saturated rings. The predicted octanol–water partition coefficient (Wildman–Crippen LogP) is 2.76. The van der Waals surface area contributed by atoms with Gasteiger partial charge in [-0.2, -0.15) is 11.3 Å². The maximum atomic E-state index is 10.9. The molecule has 88 valence electrons. The highest BCUT2D eigenvalue weighted by atomic mass is 32.1. The molecule has 0 atom stereocenters. The molecule has 5 heteroatoms. The Hall–Kier alpha value is -1.88. The first-order chi connectivity index (χ1) is 8.15. The molecule has 0 bridgehead atoms. The van der Waals surface area contributed by atoms with E-state index >= 15 is 0 Å². The van der Waals surface area contributed by atoms with Crippen molar-refractivity contribution in [3.63, 3.8) is 0 Å². The van der Waals surface area contributed by atoms with Gasteiger partial charge >= 0.3 is 5.97 Å².